The number of nitrogens with two attached hydrogens (primary N) is 1. The predicted octanol–water partition coefficient (Wildman–Crippen LogP) is 0.0298. The highest BCUT2D eigenvalue weighted by Crippen LogP contribution is 2.15. The Balaban J connectivity index is 2.67. The van der Waals surface area contributed by atoms with Crippen LogP contribution >= 0.6 is 0 Å². The molecule has 0 bridgehead atoms. The van der Waals surface area contributed by atoms with Crippen LogP contribution in [0.3, 0.4) is 0 Å². The summed E-state index contributed by atoms with van der Waals surface area (Å²) >= 11 is 0. The number of aliphatic hydroxyl groups is 1. The van der Waals surface area contributed by atoms with Gasteiger partial charge >= 0.3 is 0 Å². The van der Waals surface area contributed by atoms with Crippen molar-refractivity contribution in [3.63, 3.8) is 0 Å². The van der Waals surface area contributed by atoms with E-state index in [4.69, 9.17) is 10.8 Å². The number of hydrogen-bond acceptors (Lipinski definition) is 4. The number of aryl methyl sites for hydroxylation is 1. The topological polar surface area (TPSA) is 76.4 Å². The van der Waals surface area contributed by atoms with Gasteiger partial charge in [-0.1, -0.05) is 0 Å². The van der Waals surface area contributed by atoms with E-state index in [9.17, 15) is 0 Å². The van der Waals surface area contributed by atoms with Crippen LogP contribution < -0.4 is 5.73 Å². The first-order valence-corrected chi connectivity index (χ1v) is 4.40. The number of imidazole rings is 1. The molecular formula is C9H12N4O. The lowest BCUT2D eigenvalue weighted by atomic mass is 10.2. The first kappa shape index (κ1) is 9.11. The van der Waals surface area contributed by atoms with Gasteiger partial charge in [0.25, 0.3) is 0 Å². The third kappa shape index (κ3) is 1.26. The van der Waals surface area contributed by atoms with E-state index in [2.05, 4.69) is 9.97 Å². The van der Waals surface area contributed by atoms with Crippen molar-refractivity contribution < 1.29 is 5.11 Å². The summed E-state index contributed by atoms with van der Waals surface area (Å²) in [5.41, 5.74) is 7.39. The zero-order valence-electron chi connectivity index (χ0n) is 7.88. The van der Waals surface area contributed by atoms with E-state index in [1.54, 1.807) is 10.6 Å². The Morgan fingerprint density at radius 2 is 2.43 bits per heavy atom. The van der Waals surface area contributed by atoms with Gasteiger partial charge in [0, 0.05) is 12.4 Å². The quantitative estimate of drug-likeness (QED) is 0.703. The number of aromatic nitrogens is 3. The molecule has 5 nitrogen and oxygen atoms in total. The maximum Gasteiger partial charge on any atom is 0.234 e. The first-order valence-electron chi connectivity index (χ1n) is 4.40. The van der Waals surface area contributed by atoms with Gasteiger partial charge < -0.3 is 10.8 Å². The lowest BCUT2D eigenvalue weighted by molar-refractivity contribution is 0.265. The van der Waals surface area contributed by atoms with Crippen molar-refractivity contribution in [3.8, 4) is 0 Å². The van der Waals surface area contributed by atoms with Gasteiger partial charge in [0.2, 0.25) is 5.78 Å². The average molecular weight is 192 g/mol. The van der Waals surface area contributed by atoms with Crippen molar-refractivity contribution in [2.75, 3.05) is 6.61 Å². The van der Waals surface area contributed by atoms with Crippen molar-refractivity contribution >= 4 is 5.78 Å². The average Bonchev–Trinajstić information content (AvgIpc) is 2.53. The fourth-order valence-electron chi connectivity index (χ4n) is 1.55. The number of hydrogen-bond donors (Lipinski definition) is 2. The van der Waals surface area contributed by atoms with Crippen molar-refractivity contribution in [3.05, 3.63) is 29.8 Å². The molecule has 0 saturated heterocycles. The molecule has 1 atom stereocenters. The van der Waals surface area contributed by atoms with Crippen LogP contribution in [0.1, 0.15) is 17.4 Å². The number of aliphatic hydroxyl groups excluding tert-OH is 1. The van der Waals surface area contributed by atoms with Crippen LogP contribution in [-0.4, -0.2) is 26.1 Å². The fraction of sp³-hybridized carbons (Fsp3) is 0.333. The third-order valence-corrected chi connectivity index (χ3v) is 2.17. The Bertz CT molecular complexity index is 451. The van der Waals surface area contributed by atoms with E-state index in [0.29, 0.717) is 5.78 Å². The minimum absolute atomic E-state index is 0.0937. The van der Waals surface area contributed by atoms with Crippen molar-refractivity contribution in [2.24, 2.45) is 5.73 Å². The Hall–Kier alpha value is -1.46. The molecule has 0 aliphatic rings. The molecule has 1 unspecified atom stereocenters. The van der Waals surface area contributed by atoms with Gasteiger partial charge in [0.1, 0.15) is 0 Å². The lowest BCUT2D eigenvalue weighted by Gasteiger charge is -2.08. The summed E-state index contributed by atoms with van der Waals surface area (Å²) in [6.45, 7) is 1.77. The molecular weight excluding hydrogens is 180 g/mol. The third-order valence-electron chi connectivity index (χ3n) is 2.17. The molecule has 2 aromatic heterocycles. The second kappa shape index (κ2) is 3.36. The fourth-order valence-corrected chi connectivity index (χ4v) is 1.55. The largest absolute Gasteiger partial charge is 0.394 e. The Labute approximate surface area is 81.2 Å². The number of nitrogens with zero attached hydrogens (tertiary/aromatic N) is 3. The summed E-state index contributed by atoms with van der Waals surface area (Å²) in [6, 6.07) is 1.40. The van der Waals surface area contributed by atoms with Gasteiger partial charge in [0.15, 0.2) is 0 Å². The maximum atomic E-state index is 9.00. The summed E-state index contributed by atoms with van der Waals surface area (Å²) in [4.78, 5) is 8.34. The molecule has 3 N–H and O–H groups in total. The second-order valence-electron chi connectivity index (χ2n) is 3.16. The van der Waals surface area contributed by atoms with Crippen LogP contribution in [0, 0.1) is 6.92 Å². The van der Waals surface area contributed by atoms with E-state index in [1.807, 2.05) is 19.2 Å². The number of fused-ring (bicyclic) bond motifs is 1. The normalized spacial score (nSPS) is 13.4. The van der Waals surface area contributed by atoms with Gasteiger partial charge in [-0.05, 0) is 13.0 Å². The molecule has 14 heavy (non-hydrogen) atoms. The van der Waals surface area contributed by atoms with Crippen LogP contribution in [0.25, 0.3) is 5.78 Å². The summed E-state index contributed by atoms with van der Waals surface area (Å²) in [5, 5.41) is 9.00. The van der Waals surface area contributed by atoms with Crippen molar-refractivity contribution in [1.82, 2.24) is 14.4 Å². The molecule has 0 aromatic carbocycles. The first-order chi connectivity index (χ1) is 6.74. The molecule has 2 rings (SSSR count). The zero-order valence-corrected chi connectivity index (χ0v) is 7.88. The van der Waals surface area contributed by atoms with Gasteiger partial charge in [0.05, 0.1) is 24.0 Å². The van der Waals surface area contributed by atoms with Gasteiger partial charge in [-0.3, -0.25) is 4.40 Å². The van der Waals surface area contributed by atoms with Crippen LogP contribution in [0.4, 0.5) is 0 Å². The minimum Gasteiger partial charge on any atom is -0.394 e. The highest BCUT2D eigenvalue weighted by Gasteiger charge is 2.14. The van der Waals surface area contributed by atoms with Gasteiger partial charge in [-0.25, -0.2) is 9.97 Å². The highest BCUT2D eigenvalue weighted by atomic mass is 16.3. The van der Waals surface area contributed by atoms with Crippen LogP contribution in [0.2, 0.25) is 0 Å². The van der Waals surface area contributed by atoms with Gasteiger partial charge in [-0.2, -0.15) is 0 Å². The molecule has 0 radical (unpaired) electrons. The monoisotopic (exact) mass is 192 g/mol. The Kier molecular flexibility index (Phi) is 2.18. The van der Waals surface area contributed by atoms with E-state index in [-0.39, 0.29) is 6.61 Å². The van der Waals surface area contributed by atoms with E-state index < -0.39 is 6.04 Å². The second-order valence-corrected chi connectivity index (χ2v) is 3.16. The maximum absolute atomic E-state index is 9.00. The lowest BCUT2D eigenvalue weighted by Crippen LogP contribution is -2.17. The summed E-state index contributed by atoms with van der Waals surface area (Å²) in [7, 11) is 0. The Morgan fingerprint density at radius 1 is 1.64 bits per heavy atom. The molecule has 74 valence electrons. The SMILES string of the molecule is Cc1nc2ncccn2c1C(N)CO. The summed E-state index contributed by atoms with van der Waals surface area (Å²) in [6.07, 6.45) is 3.52. The van der Waals surface area contributed by atoms with Gasteiger partial charge in [-0.15, -0.1) is 0 Å². The van der Waals surface area contributed by atoms with Crippen LogP contribution in [0.15, 0.2) is 18.5 Å². The molecule has 2 aromatic rings. The molecule has 0 aliphatic heterocycles. The molecule has 0 saturated carbocycles. The van der Waals surface area contributed by atoms with E-state index in [0.717, 1.165) is 11.4 Å². The standard InChI is InChI=1S/C9H12N4O/c1-6-8(7(10)5-14)13-4-2-3-11-9(13)12-6/h2-4,7,14H,5,10H2,1H3. The van der Waals surface area contributed by atoms with E-state index in [1.165, 1.54) is 0 Å². The predicted molar refractivity (Wildman–Crippen MR) is 51.7 cm³/mol. The van der Waals surface area contributed by atoms with Crippen LogP contribution in [0.5, 0.6) is 0 Å². The molecule has 0 spiro atoms. The molecule has 0 aliphatic carbocycles. The van der Waals surface area contributed by atoms with E-state index >= 15 is 0 Å². The zero-order chi connectivity index (χ0) is 10.1. The summed E-state index contributed by atoms with van der Waals surface area (Å²) < 4.78 is 1.80. The smallest absolute Gasteiger partial charge is 0.234 e. The van der Waals surface area contributed by atoms with Crippen LogP contribution in [-0.2, 0) is 0 Å². The molecule has 0 fully saturated rings. The van der Waals surface area contributed by atoms with Crippen molar-refractivity contribution in [1.29, 1.82) is 0 Å². The Morgan fingerprint density at radius 3 is 3.14 bits per heavy atom. The van der Waals surface area contributed by atoms with Crippen molar-refractivity contribution in [2.45, 2.75) is 13.0 Å². The highest BCUT2D eigenvalue weighted by molar-refractivity contribution is 5.36. The summed E-state index contributed by atoms with van der Waals surface area (Å²) in [5.74, 6) is 0.615. The molecule has 5 heteroatoms. The number of rotatable bonds is 2. The molecule has 2 heterocycles. The minimum atomic E-state index is -0.408. The molecule has 0 amide bonds.